The maximum absolute atomic E-state index is 12.6. The van der Waals surface area contributed by atoms with Gasteiger partial charge in [0.05, 0.1) is 23.5 Å². The molecule has 170 valence electrons. The fourth-order valence-electron chi connectivity index (χ4n) is 3.96. The number of anilines is 2. The van der Waals surface area contributed by atoms with E-state index in [4.69, 9.17) is 4.74 Å². The third-order valence-electron chi connectivity index (χ3n) is 5.89. The number of ether oxygens (including phenoxy) is 1. The van der Waals surface area contributed by atoms with Crippen LogP contribution in [0.3, 0.4) is 0 Å². The molecule has 2 aromatic carbocycles. The van der Waals surface area contributed by atoms with Crippen LogP contribution in [0.5, 0.6) is 5.75 Å². The quantitative estimate of drug-likeness (QED) is 0.632. The lowest BCUT2D eigenvalue weighted by molar-refractivity contribution is -0.116. The molecule has 2 aliphatic rings. The Morgan fingerprint density at radius 1 is 1.00 bits per heavy atom. The fraction of sp³-hybridized carbons (Fsp3) is 0.440. The molecule has 0 bridgehead atoms. The van der Waals surface area contributed by atoms with Gasteiger partial charge in [-0.25, -0.2) is 0 Å². The highest BCUT2D eigenvalue weighted by Gasteiger charge is 2.25. The number of carbonyl (C=O) groups is 2. The number of nitrogens with one attached hydrogen (secondary N) is 2. The highest BCUT2D eigenvalue weighted by molar-refractivity contribution is 6.03. The lowest BCUT2D eigenvalue weighted by Gasteiger charge is -2.36. The van der Waals surface area contributed by atoms with E-state index < -0.39 is 0 Å². The molecular formula is C25H32N4O3. The van der Waals surface area contributed by atoms with Crippen molar-refractivity contribution in [1.82, 2.24) is 10.2 Å². The SMILES string of the molecule is CCOc1ccccc1N1CCN(CCC(=O)Nc2ccccc2C(=O)NC2CC2)CC1. The molecule has 0 atom stereocenters. The molecular weight excluding hydrogens is 404 g/mol. The van der Waals surface area contributed by atoms with E-state index in [0.717, 1.165) is 50.5 Å². The van der Waals surface area contributed by atoms with Crippen molar-refractivity contribution in [2.75, 3.05) is 49.5 Å². The Bertz CT molecular complexity index is 936. The van der Waals surface area contributed by atoms with Crippen molar-refractivity contribution >= 4 is 23.2 Å². The third kappa shape index (κ3) is 5.79. The van der Waals surface area contributed by atoms with Gasteiger partial charge < -0.3 is 20.3 Å². The van der Waals surface area contributed by atoms with E-state index in [9.17, 15) is 9.59 Å². The van der Waals surface area contributed by atoms with Gasteiger partial charge >= 0.3 is 0 Å². The predicted molar refractivity (Wildman–Crippen MR) is 126 cm³/mol. The van der Waals surface area contributed by atoms with Crippen LogP contribution >= 0.6 is 0 Å². The van der Waals surface area contributed by atoms with Gasteiger partial charge in [-0.3, -0.25) is 14.5 Å². The van der Waals surface area contributed by atoms with Gasteiger partial charge in [0.1, 0.15) is 5.75 Å². The van der Waals surface area contributed by atoms with Crippen LogP contribution in [0.1, 0.15) is 36.5 Å². The summed E-state index contributed by atoms with van der Waals surface area (Å²) in [6.45, 7) is 6.94. The number of hydrogen-bond acceptors (Lipinski definition) is 5. The summed E-state index contributed by atoms with van der Waals surface area (Å²) in [7, 11) is 0. The molecule has 0 aromatic heterocycles. The van der Waals surface area contributed by atoms with Crippen LogP contribution in [0.4, 0.5) is 11.4 Å². The normalized spacial score (nSPS) is 16.5. The first-order valence-electron chi connectivity index (χ1n) is 11.5. The summed E-state index contributed by atoms with van der Waals surface area (Å²) in [5.74, 6) is 0.736. The van der Waals surface area contributed by atoms with Crippen LogP contribution in [0.25, 0.3) is 0 Å². The molecule has 7 heteroatoms. The Hall–Kier alpha value is -3.06. The molecule has 7 nitrogen and oxygen atoms in total. The summed E-state index contributed by atoms with van der Waals surface area (Å²) >= 11 is 0. The van der Waals surface area contributed by atoms with Gasteiger partial charge in [-0.05, 0) is 44.0 Å². The number of piperazine rings is 1. The molecule has 0 radical (unpaired) electrons. The molecule has 1 saturated carbocycles. The zero-order valence-corrected chi connectivity index (χ0v) is 18.7. The lowest BCUT2D eigenvalue weighted by Crippen LogP contribution is -2.47. The number of carbonyl (C=O) groups excluding carboxylic acids is 2. The Balaban J connectivity index is 1.25. The third-order valence-corrected chi connectivity index (χ3v) is 5.89. The maximum Gasteiger partial charge on any atom is 0.253 e. The summed E-state index contributed by atoms with van der Waals surface area (Å²) in [4.78, 5) is 29.7. The summed E-state index contributed by atoms with van der Waals surface area (Å²) in [5, 5.41) is 5.91. The molecule has 1 saturated heterocycles. The van der Waals surface area contributed by atoms with Crippen molar-refractivity contribution < 1.29 is 14.3 Å². The molecule has 0 spiro atoms. The molecule has 2 fully saturated rings. The van der Waals surface area contributed by atoms with Crippen LogP contribution in [0, 0.1) is 0 Å². The first-order valence-corrected chi connectivity index (χ1v) is 11.5. The van der Waals surface area contributed by atoms with Crippen molar-refractivity contribution in [3.05, 3.63) is 54.1 Å². The molecule has 4 rings (SSSR count). The minimum absolute atomic E-state index is 0.0687. The molecule has 1 aliphatic heterocycles. The maximum atomic E-state index is 12.6. The first kappa shape index (κ1) is 22.1. The van der Waals surface area contributed by atoms with Gasteiger partial charge in [-0.2, -0.15) is 0 Å². The van der Waals surface area contributed by atoms with Gasteiger partial charge in [0.25, 0.3) is 5.91 Å². The van der Waals surface area contributed by atoms with E-state index >= 15 is 0 Å². The van der Waals surface area contributed by atoms with Crippen molar-refractivity contribution in [2.24, 2.45) is 0 Å². The minimum atomic E-state index is -0.119. The van der Waals surface area contributed by atoms with E-state index in [2.05, 4.69) is 26.5 Å². The summed E-state index contributed by atoms with van der Waals surface area (Å²) < 4.78 is 5.77. The Labute approximate surface area is 189 Å². The average molecular weight is 437 g/mol. The number of amides is 2. The molecule has 2 amide bonds. The van der Waals surface area contributed by atoms with Gasteiger partial charge in [0, 0.05) is 45.2 Å². The second kappa shape index (κ2) is 10.5. The standard InChI is InChI=1S/C25H32N4O3/c1-2-32-23-10-6-5-9-22(23)29-17-15-28(16-18-29)14-13-24(30)27-21-8-4-3-7-20(21)25(31)26-19-11-12-19/h3-10,19H,2,11-18H2,1H3,(H,26,31)(H,27,30). The van der Waals surface area contributed by atoms with Crippen LogP contribution < -0.4 is 20.3 Å². The first-order chi connectivity index (χ1) is 15.6. The summed E-state index contributed by atoms with van der Waals surface area (Å²) in [6, 6.07) is 15.6. The van der Waals surface area contributed by atoms with Gasteiger partial charge in [0.2, 0.25) is 5.91 Å². The van der Waals surface area contributed by atoms with Crippen LogP contribution in [0.15, 0.2) is 48.5 Å². The number of para-hydroxylation sites is 3. The number of nitrogens with zero attached hydrogens (tertiary/aromatic N) is 2. The molecule has 2 N–H and O–H groups in total. The predicted octanol–water partition coefficient (Wildman–Crippen LogP) is 3.13. The Morgan fingerprint density at radius 3 is 2.47 bits per heavy atom. The second-order valence-electron chi connectivity index (χ2n) is 8.32. The lowest BCUT2D eigenvalue weighted by atomic mass is 10.1. The minimum Gasteiger partial charge on any atom is -0.492 e. The van der Waals surface area contributed by atoms with Gasteiger partial charge in [-0.15, -0.1) is 0 Å². The zero-order valence-electron chi connectivity index (χ0n) is 18.7. The van der Waals surface area contributed by atoms with Gasteiger partial charge in [0.15, 0.2) is 0 Å². The average Bonchev–Trinajstić information content (AvgIpc) is 3.63. The van der Waals surface area contributed by atoms with Crippen LogP contribution in [-0.4, -0.2) is 62.1 Å². The molecule has 0 unspecified atom stereocenters. The van der Waals surface area contributed by atoms with Crippen LogP contribution in [-0.2, 0) is 4.79 Å². The van der Waals surface area contributed by atoms with E-state index in [0.29, 0.717) is 30.8 Å². The van der Waals surface area contributed by atoms with E-state index in [1.807, 2.05) is 37.3 Å². The van der Waals surface area contributed by atoms with E-state index in [1.54, 1.807) is 12.1 Å². The van der Waals surface area contributed by atoms with Crippen molar-refractivity contribution in [3.63, 3.8) is 0 Å². The number of hydrogen-bond donors (Lipinski definition) is 2. The van der Waals surface area contributed by atoms with Crippen molar-refractivity contribution in [3.8, 4) is 5.75 Å². The molecule has 1 heterocycles. The highest BCUT2D eigenvalue weighted by Crippen LogP contribution is 2.29. The number of rotatable bonds is 9. The molecule has 1 aliphatic carbocycles. The largest absolute Gasteiger partial charge is 0.492 e. The van der Waals surface area contributed by atoms with E-state index in [1.165, 1.54) is 0 Å². The topological polar surface area (TPSA) is 73.9 Å². The smallest absolute Gasteiger partial charge is 0.253 e. The summed E-state index contributed by atoms with van der Waals surface area (Å²) in [5.41, 5.74) is 2.23. The Morgan fingerprint density at radius 2 is 1.72 bits per heavy atom. The zero-order chi connectivity index (χ0) is 22.3. The van der Waals surface area contributed by atoms with Crippen molar-refractivity contribution in [2.45, 2.75) is 32.2 Å². The Kier molecular flexibility index (Phi) is 7.27. The van der Waals surface area contributed by atoms with Crippen molar-refractivity contribution in [1.29, 1.82) is 0 Å². The number of benzene rings is 2. The molecule has 32 heavy (non-hydrogen) atoms. The molecule has 2 aromatic rings. The second-order valence-corrected chi connectivity index (χ2v) is 8.32. The van der Waals surface area contributed by atoms with Gasteiger partial charge in [-0.1, -0.05) is 24.3 Å². The van der Waals surface area contributed by atoms with E-state index in [-0.39, 0.29) is 17.9 Å². The summed E-state index contributed by atoms with van der Waals surface area (Å²) in [6.07, 6.45) is 2.46. The fourth-order valence-corrected chi connectivity index (χ4v) is 3.96. The highest BCUT2D eigenvalue weighted by atomic mass is 16.5. The van der Waals surface area contributed by atoms with Crippen LogP contribution in [0.2, 0.25) is 0 Å². The monoisotopic (exact) mass is 436 g/mol.